The molecule has 1 aromatic heterocycles. The fourth-order valence-corrected chi connectivity index (χ4v) is 1.95. The number of furan rings is 1. The zero-order valence-corrected chi connectivity index (χ0v) is 11.8. The number of primary amides is 1. The summed E-state index contributed by atoms with van der Waals surface area (Å²) in [7, 11) is 1.30. The van der Waals surface area contributed by atoms with Crippen LogP contribution in [0.4, 0.5) is 5.69 Å². The predicted octanol–water partition coefficient (Wildman–Crippen LogP) is 2.09. The van der Waals surface area contributed by atoms with Gasteiger partial charge in [0.05, 0.1) is 13.4 Å². The summed E-state index contributed by atoms with van der Waals surface area (Å²) in [6, 6.07) is 6.83. The summed E-state index contributed by atoms with van der Waals surface area (Å²) < 4.78 is 9.75. The van der Waals surface area contributed by atoms with Gasteiger partial charge in [0.2, 0.25) is 11.7 Å². The van der Waals surface area contributed by atoms with E-state index >= 15 is 0 Å². The Kier molecular flexibility index (Phi) is 4.27. The maximum atomic E-state index is 11.5. The molecule has 0 aliphatic rings. The van der Waals surface area contributed by atoms with Gasteiger partial charge in [0.15, 0.2) is 0 Å². The van der Waals surface area contributed by atoms with Crippen molar-refractivity contribution in [3.05, 3.63) is 53.0 Å². The van der Waals surface area contributed by atoms with Crippen LogP contribution in [0.2, 0.25) is 0 Å². The van der Waals surface area contributed by atoms with Gasteiger partial charge in [-0.1, -0.05) is 0 Å². The van der Waals surface area contributed by atoms with Gasteiger partial charge in [0, 0.05) is 23.4 Å². The lowest BCUT2D eigenvalue weighted by atomic mass is 10.1. The van der Waals surface area contributed by atoms with Gasteiger partial charge in [-0.05, 0) is 36.8 Å². The number of hydrogen-bond donors (Lipinski definition) is 2. The van der Waals surface area contributed by atoms with Crippen LogP contribution < -0.4 is 11.1 Å². The third-order valence-corrected chi connectivity index (χ3v) is 3.10. The number of ether oxygens (including phenoxy) is 1. The van der Waals surface area contributed by atoms with Gasteiger partial charge in [-0.3, -0.25) is 4.79 Å². The molecule has 0 fully saturated rings. The number of anilines is 1. The lowest BCUT2D eigenvalue weighted by Gasteiger charge is -2.10. The quantitative estimate of drug-likeness (QED) is 0.821. The summed E-state index contributed by atoms with van der Waals surface area (Å²) in [6.07, 6.45) is 1.44. The smallest absolute Gasteiger partial charge is 0.374 e. The summed E-state index contributed by atoms with van der Waals surface area (Å²) in [5.41, 5.74) is 8.11. The summed E-state index contributed by atoms with van der Waals surface area (Å²) in [5.74, 6) is -0.804. The molecule has 0 saturated carbocycles. The minimum atomic E-state index is -0.516. The van der Waals surface area contributed by atoms with Crippen molar-refractivity contribution in [1.82, 2.24) is 0 Å². The molecule has 0 atom stereocenters. The molecule has 6 heteroatoms. The highest BCUT2D eigenvalue weighted by atomic mass is 16.5. The first kappa shape index (κ1) is 14.6. The van der Waals surface area contributed by atoms with E-state index in [1.807, 2.05) is 6.92 Å². The van der Waals surface area contributed by atoms with Crippen molar-refractivity contribution in [2.24, 2.45) is 5.73 Å². The number of nitrogens with one attached hydrogen (secondary N) is 1. The molecule has 1 heterocycles. The third kappa shape index (κ3) is 3.22. The van der Waals surface area contributed by atoms with Crippen LogP contribution in [-0.2, 0) is 11.3 Å². The van der Waals surface area contributed by atoms with Crippen molar-refractivity contribution in [3.8, 4) is 0 Å². The molecule has 110 valence electrons. The van der Waals surface area contributed by atoms with E-state index < -0.39 is 11.9 Å². The zero-order chi connectivity index (χ0) is 15.4. The molecule has 0 bridgehead atoms. The van der Waals surface area contributed by atoms with Crippen LogP contribution in [0.1, 0.15) is 32.0 Å². The van der Waals surface area contributed by atoms with E-state index in [1.165, 1.54) is 13.4 Å². The number of methoxy groups -OCH3 is 1. The Bertz CT molecular complexity index is 676. The summed E-state index contributed by atoms with van der Waals surface area (Å²) in [5, 5.41) is 3.18. The van der Waals surface area contributed by atoms with Crippen molar-refractivity contribution in [1.29, 1.82) is 0 Å². The summed E-state index contributed by atoms with van der Waals surface area (Å²) in [4.78, 5) is 22.6. The van der Waals surface area contributed by atoms with E-state index in [2.05, 4.69) is 10.1 Å². The number of aryl methyl sites for hydroxylation is 1. The first-order chi connectivity index (χ1) is 10.0. The Hall–Kier alpha value is -2.76. The number of rotatable bonds is 5. The Morgan fingerprint density at radius 2 is 2.10 bits per heavy atom. The third-order valence-electron chi connectivity index (χ3n) is 3.10. The zero-order valence-electron chi connectivity index (χ0n) is 11.8. The fraction of sp³-hybridized carbons (Fsp3) is 0.200. The topological polar surface area (TPSA) is 94.6 Å². The molecule has 0 radical (unpaired) electrons. The van der Waals surface area contributed by atoms with Gasteiger partial charge in [-0.2, -0.15) is 0 Å². The second kappa shape index (κ2) is 6.13. The van der Waals surface area contributed by atoms with E-state index in [0.717, 1.165) is 11.3 Å². The highest BCUT2D eigenvalue weighted by molar-refractivity contribution is 5.93. The summed E-state index contributed by atoms with van der Waals surface area (Å²) >= 11 is 0. The minimum absolute atomic E-state index is 0.177. The molecule has 21 heavy (non-hydrogen) atoms. The van der Waals surface area contributed by atoms with E-state index in [0.29, 0.717) is 17.7 Å². The molecule has 6 nitrogen and oxygen atoms in total. The monoisotopic (exact) mass is 288 g/mol. The van der Waals surface area contributed by atoms with E-state index in [9.17, 15) is 9.59 Å². The highest BCUT2D eigenvalue weighted by Gasteiger charge is 2.15. The number of nitrogens with two attached hydrogens (primary N) is 1. The molecule has 2 aromatic rings. The van der Waals surface area contributed by atoms with E-state index in [1.54, 1.807) is 24.3 Å². The maximum absolute atomic E-state index is 11.5. The summed E-state index contributed by atoms with van der Waals surface area (Å²) in [6.45, 7) is 2.27. The average Bonchev–Trinajstić information content (AvgIpc) is 2.93. The minimum Gasteiger partial charge on any atom is -0.463 e. The van der Waals surface area contributed by atoms with Gasteiger partial charge in [-0.15, -0.1) is 0 Å². The molecule has 1 aromatic carbocycles. The molecular weight excluding hydrogens is 272 g/mol. The molecule has 0 unspecified atom stereocenters. The SMILES string of the molecule is COC(=O)c1occc1CNc1ccc(C(N)=O)cc1C. The molecular formula is C15H16N2O4. The van der Waals surface area contributed by atoms with Gasteiger partial charge in [0.25, 0.3) is 0 Å². The van der Waals surface area contributed by atoms with Crippen molar-refractivity contribution >= 4 is 17.6 Å². The molecule has 0 saturated heterocycles. The van der Waals surface area contributed by atoms with Gasteiger partial charge in [0.1, 0.15) is 0 Å². The Labute approximate surface area is 121 Å². The standard InChI is InChI=1S/C15H16N2O4/c1-9-7-10(14(16)18)3-4-12(9)17-8-11-5-6-21-13(11)15(19)20-2/h3-7,17H,8H2,1-2H3,(H2,16,18). The number of benzene rings is 1. The predicted molar refractivity (Wildman–Crippen MR) is 77.1 cm³/mol. The van der Waals surface area contributed by atoms with Crippen LogP contribution in [0, 0.1) is 6.92 Å². The molecule has 0 spiro atoms. The molecule has 3 N–H and O–H groups in total. The normalized spacial score (nSPS) is 10.2. The van der Waals surface area contributed by atoms with Crippen LogP contribution in [-0.4, -0.2) is 19.0 Å². The van der Waals surface area contributed by atoms with Crippen molar-refractivity contribution in [2.75, 3.05) is 12.4 Å². The number of carbonyl (C=O) groups excluding carboxylic acids is 2. The lowest BCUT2D eigenvalue weighted by molar-refractivity contribution is 0.0563. The first-order valence-corrected chi connectivity index (χ1v) is 6.32. The van der Waals surface area contributed by atoms with Gasteiger partial charge in [-0.25, -0.2) is 4.79 Å². The van der Waals surface area contributed by atoms with Crippen LogP contribution in [0.25, 0.3) is 0 Å². The highest BCUT2D eigenvalue weighted by Crippen LogP contribution is 2.19. The molecule has 2 rings (SSSR count). The van der Waals surface area contributed by atoms with Gasteiger partial charge < -0.3 is 20.2 Å². The molecule has 0 aliphatic heterocycles. The van der Waals surface area contributed by atoms with Crippen LogP contribution >= 0.6 is 0 Å². The number of hydrogen-bond acceptors (Lipinski definition) is 5. The molecule has 0 aliphatic carbocycles. The van der Waals surface area contributed by atoms with Crippen LogP contribution in [0.5, 0.6) is 0 Å². The van der Waals surface area contributed by atoms with Gasteiger partial charge >= 0.3 is 5.97 Å². The molecule has 1 amide bonds. The lowest BCUT2D eigenvalue weighted by Crippen LogP contribution is -2.12. The van der Waals surface area contributed by atoms with Crippen LogP contribution in [0.3, 0.4) is 0 Å². The Morgan fingerprint density at radius 3 is 2.71 bits per heavy atom. The van der Waals surface area contributed by atoms with Crippen LogP contribution in [0.15, 0.2) is 34.9 Å². The number of amides is 1. The second-order valence-electron chi connectivity index (χ2n) is 4.51. The van der Waals surface area contributed by atoms with Crippen molar-refractivity contribution in [2.45, 2.75) is 13.5 Å². The van der Waals surface area contributed by atoms with E-state index in [4.69, 9.17) is 10.2 Å². The second-order valence-corrected chi connectivity index (χ2v) is 4.51. The first-order valence-electron chi connectivity index (χ1n) is 6.32. The van der Waals surface area contributed by atoms with Crippen molar-refractivity contribution < 1.29 is 18.7 Å². The number of esters is 1. The van der Waals surface area contributed by atoms with Crippen molar-refractivity contribution in [3.63, 3.8) is 0 Å². The Morgan fingerprint density at radius 1 is 1.33 bits per heavy atom. The average molecular weight is 288 g/mol. The fourth-order valence-electron chi connectivity index (χ4n) is 1.95. The largest absolute Gasteiger partial charge is 0.463 e. The van der Waals surface area contributed by atoms with E-state index in [-0.39, 0.29) is 5.76 Å². The Balaban J connectivity index is 2.12. The number of carbonyl (C=O) groups is 2. The maximum Gasteiger partial charge on any atom is 0.374 e.